The molecule has 1 amide bonds. The molecule has 138 valence electrons. The number of hydrazone groups is 1. The summed E-state index contributed by atoms with van der Waals surface area (Å²) in [5.74, 6) is 0.428. The second kappa shape index (κ2) is 6.95. The molecule has 3 aromatic rings. The van der Waals surface area contributed by atoms with Crippen LogP contribution in [0.15, 0.2) is 53.9 Å². The standard InChI is InChI=1S/C21H23N5O/c1-14(2)18-11-17-7-4-8-19(26(17)23-18)21-15(3)10-20(27)25(24-21)13-16-6-5-9-22-12-16/h4-9,11-12,14-15H,10,13H2,1-3H3. The van der Waals surface area contributed by atoms with Crippen molar-refractivity contribution in [1.29, 1.82) is 0 Å². The van der Waals surface area contributed by atoms with Gasteiger partial charge in [-0.05, 0) is 35.7 Å². The molecule has 1 unspecified atom stereocenters. The van der Waals surface area contributed by atoms with E-state index >= 15 is 0 Å². The molecule has 4 heterocycles. The summed E-state index contributed by atoms with van der Waals surface area (Å²) >= 11 is 0. The lowest BCUT2D eigenvalue weighted by molar-refractivity contribution is -0.133. The second-order valence-electron chi connectivity index (χ2n) is 7.37. The fourth-order valence-electron chi connectivity index (χ4n) is 3.35. The van der Waals surface area contributed by atoms with E-state index < -0.39 is 0 Å². The van der Waals surface area contributed by atoms with Crippen LogP contribution >= 0.6 is 0 Å². The number of nitrogens with zero attached hydrogens (tertiary/aromatic N) is 5. The van der Waals surface area contributed by atoms with Crippen LogP contribution in [0.2, 0.25) is 0 Å². The van der Waals surface area contributed by atoms with Crippen molar-refractivity contribution in [2.75, 3.05) is 0 Å². The first kappa shape index (κ1) is 17.4. The molecule has 0 fully saturated rings. The summed E-state index contributed by atoms with van der Waals surface area (Å²) in [6.07, 6.45) is 3.93. The maximum atomic E-state index is 12.5. The summed E-state index contributed by atoms with van der Waals surface area (Å²) in [7, 11) is 0. The lowest BCUT2D eigenvalue weighted by atomic mass is 9.96. The van der Waals surface area contributed by atoms with Crippen molar-refractivity contribution in [3.63, 3.8) is 0 Å². The van der Waals surface area contributed by atoms with E-state index in [-0.39, 0.29) is 11.8 Å². The predicted molar refractivity (Wildman–Crippen MR) is 104 cm³/mol. The van der Waals surface area contributed by atoms with E-state index in [1.165, 1.54) is 0 Å². The Bertz CT molecular complexity index is 1010. The van der Waals surface area contributed by atoms with E-state index in [0.29, 0.717) is 18.9 Å². The first-order chi connectivity index (χ1) is 13.0. The van der Waals surface area contributed by atoms with E-state index in [1.807, 2.05) is 35.7 Å². The van der Waals surface area contributed by atoms with E-state index in [1.54, 1.807) is 17.4 Å². The average Bonchev–Trinajstić information content (AvgIpc) is 3.10. The van der Waals surface area contributed by atoms with Crippen LogP contribution in [-0.2, 0) is 11.3 Å². The van der Waals surface area contributed by atoms with Crippen molar-refractivity contribution >= 4 is 17.1 Å². The lowest BCUT2D eigenvalue weighted by Gasteiger charge is -2.27. The molecule has 1 aliphatic heterocycles. The molecular weight excluding hydrogens is 338 g/mol. The minimum atomic E-state index is 0.0330. The van der Waals surface area contributed by atoms with Crippen molar-refractivity contribution in [3.8, 4) is 0 Å². The van der Waals surface area contributed by atoms with Crippen LogP contribution in [0.1, 0.15) is 50.1 Å². The van der Waals surface area contributed by atoms with Gasteiger partial charge in [0.05, 0.1) is 29.2 Å². The Balaban J connectivity index is 1.76. The van der Waals surface area contributed by atoms with Crippen LogP contribution in [0.3, 0.4) is 0 Å². The maximum Gasteiger partial charge on any atom is 0.243 e. The van der Waals surface area contributed by atoms with Crippen LogP contribution in [0.4, 0.5) is 0 Å². The van der Waals surface area contributed by atoms with Crippen molar-refractivity contribution in [1.82, 2.24) is 19.6 Å². The number of carbonyl (C=O) groups excluding carboxylic acids is 1. The Morgan fingerprint density at radius 1 is 1.22 bits per heavy atom. The number of amides is 1. The van der Waals surface area contributed by atoms with Gasteiger partial charge in [0.1, 0.15) is 0 Å². The van der Waals surface area contributed by atoms with Crippen molar-refractivity contribution in [3.05, 3.63) is 65.7 Å². The molecule has 0 aromatic carbocycles. The third-order valence-corrected chi connectivity index (χ3v) is 4.88. The third kappa shape index (κ3) is 3.35. The molecule has 0 bridgehead atoms. The topological polar surface area (TPSA) is 62.9 Å². The van der Waals surface area contributed by atoms with Gasteiger partial charge in [-0.3, -0.25) is 9.78 Å². The molecule has 27 heavy (non-hydrogen) atoms. The summed E-state index contributed by atoms with van der Waals surface area (Å²) < 4.78 is 1.95. The predicted octanol–water partition coefficient (Wildman–Crippen LogP) is 3.63. The Hall–Kier alpha value is -3.02. The van der Waals surface area contributed by atoms with Crippen LogP contribution in [0.5, 0.6) is 0 Å². The fourth-order valence-corrected chi connectivity index (χ4v) is 3.35. The lowest BCUT2D eigenvalue weighted by Crippen LogP contribution is -2.36. The largest absolute Gasteiger partial charge is 0.273 e. The molecule has 0 saturated carbocycles. The Kier molecular flexibility index (Phi) is 4.48. The van der Waals surface area contributed by atoms with Gasteiger partial charge in [-0.25, -0.2) is 9.52 Å². The van der Waals surface area contributed by atoms with Gasteiger partial charge in [0.15, 0.2) is 0 Å². The Labute approximate surface area is 158 Å². The van der Waals surface area contributed by atoms with Gasteiger partial charge in [0.25, 0.3) is 0 Å². The number of rotatable bonds is 4. The minimum Gasteiger partial charge on any atom is -0.273 e. The van der Waals surface area contributed by atoms with Crippen LogP contribution in [0, 0.1) is 5.92 Å². The molecule has 0 spiro atoms. The van der Waals surface area contributed by atoms with E-state index in [2.05, 4.69) is 31.0 Å². The highest BCUT2D eigenvalue weighted by Gasteiger charge is 2.29. The van der Waals surface area contributed by atoms with Crippen molar-refractivity contribution in [2.45, 2.75) is 39.7 Å². The molecule has 0 N–H and O–H groups in total. The molecule has 0 aliphatic carbocycles. The van der Waals surface area contributed by atoms with E-state index in [0.717, 1.165) is 28.2 Å². The number of pyridine rings is 2. The monoisotopic (exact) mass is 361 g/mol. The first-order valence-electron chi connectivity index (χ1n) is 9.29. The number of carbonyl (C=O) groups is 1. The van der Waals surface area contributed by atoms with E-state index in [9.17, 15) is 4.79 Å². The van der Waals surface area contributed by atoms with Gasteiger partial charge < -0.3 is 0 Å². The SMILES string of the molecule is CC1CC(=O)N(Cc2cccnc2)N=C1c1cccc2cc(C(C)C)nn12. The average molecular weight is 361 g/mol. The summed E-state index contributed by atoms with van der Waals surface area (Å²) in [6.45, 7) is 6.74. The van der Waals surface area contributed by atoms with Gasteiger partial charge in [-0.2, -0.15) is 10.2 Å². The molecule has 4 rings (SSSR count). The van der Waals surface area contributed by atoms with Crippen LogP contribution in [0.25, 0.3) is 5.52 Å². The molecule has 0 radical (unpaired) electrons. The zero-order valence-electron chi connectivity index (χ0n) is 15.8. The third-order valence-electron chi connectivity index (χ3n) is 4.88. The van der Waals surface area contributed by atoms with Crippen LogP contribution < -0.4 is 0 Å². The number of hydrogen-bond acceptors (Lipinski definition) is 4. The Morgan fingerprint density at radius 3 is 2.81 bits per heavy atom. The Morgan fingerprint density at radius 2 is 2.07 bits per heavy atom. The first-order valence-corrected chi connectivity index (χ1v) is 9.29. The smallest absolute Gasteiger partial charge is 0.243 e. The zero-order valence-corrected chi connectivity index (χ0v) is 15.8. The van der Waals surface area contributed by atoms with Gasteiger partial charge in [0.2, 0.25) is 5.91 Å². The summed E-state index contributed by atoms with van der Waals surface area (Å²) in [6, 6.07) is 12.0. The highest BCUT2D eigenvalue weighted by molar-refractivity contribution is 6.05. The quantitative estimate of drug-likeness (QED) is 0.713. The number of hydrogen-bond donors (Lipinski definition) is 0. The maximum absolute atomic E-state index is 12.5. The van der Waals surface area contributed by atoms with Crippen LogP contribution in [-0.4, -0.2) is 31.2 Å². The zero-order chi connectivity index (χ0) is 19.0. The van der Waals surface area contributed by atoms with Gasteiger partial charge in [0, 0.05) is 24.7 Å². The minimum absolute atomic E-state index is 0.0330. The molecule has 0 saturated heterocycles. The van der Waals surface area contributed by atoms with E-state index in [4.69, 9.17) is 10.2 Å². The van der Waals surface area contributed by atoms with Gasteiger partial charge >= 0.3 is 0 Å². The highest BCUT2D eigenvalue weighted by Crippen LogP contribution is 2.24. The summed E-state index contributed by atoms with van der Waals surface area (Å²) in [5, 5.41) is 11.1. The molecule has 1 aliphatic rings. The molecule has 6 heteroatoms. The molecule has 6 nitrogen and oxygen atoms in total. The second-order valence-corrected chi connectivity index (χ2v) is 7.37. The number of fused-ring (bicyclic) bond motifs is 1. The molecular formula is C21H23N5O. The van der Waals surface area contributed by atoms with Gasteiger partial charge in [-0.1, -0.05) is 32.9 Å². The molecule has 1 atom stereocenters. The van der Waals surface area contributed by atoms with Crippen molar-refractivity contribution in [2.24, 2.45) is 11.0 Å². The normalized spacial score (nSPS) is 17.6. The summed E-state index contributed by atoms with van der Waals surface area (Å²) in [4.78, 5) is 16.6. The number of aromatic nitrogens is 3. The molecule has 3 aromatic heterocycles. The highest BCUT2D eigenvalue weighted by atomic mass is 16.2. The van der Waals surface area contributed by atoms with Crippen molar-refractivity contribution < 1.29 is 4.79 Å². The summed E-state index contributed by atoms with van der Waals surface area (Å²) in [5.41, 5.74) is 4.89. The fraction of sp³-hybridized carbons (Fsp3) is 0.333. The van der Waals surface area contributed by atoms with Gasteiger partial charge in [-0.15, -0.1) is 0 Å².